The highest BCUT2D eigenvalue weighted by Crippen LogP contribution is 2.29. The summed E-state index contributed by atoms with van der Waals surface area (Å²) < 4.78 is 18.1. The van der Waals surface area contributed by atoms with Crippen molar-refractivity contribution >= 4 is 25.5 Å². The summed E-state index contributed by atoms with van der Waals surface area (Å²) in [6, 6.07) is 11.0. The zero-order valence-electron chi connectivity index (χ0n) is 14.0. The van der Waals surface area contributed by atoms with Gasteiger partial charge in [0.25, 0.3) is 0 Å². The number of carbonyl (C=O) groups is 2. The molecule has 1 saturated heterocycles. The summed E-state index contributed by atoms with van der Waals surface area (Å²) in [5.41, 5.74) is 1.20. The lowest BCUT2D eigenvalue weighted by atomic mass is 9.79. The third-order valence-corrected chi connectivity index (χ3v) is 4.23. The molecule has 1 heterocycles. The topological polar surface area (TPSA) is 79.5 Å². The number of hydrogen-bond donors (Lipinski definition) is 3. The highest BCUT2D eigenvalue weighted by atomic mass is 19.1. The Morgan fingerprint density at radius 3 is 2.42 bits per heavy atom. The van der Waals surface area contributed by atoms with Crippen molar-refractivity contribution in [2.24, 2.45) is 0 Å². The zero-order chi connectivity index (χ0) is 18.7. The van der Waals surface area contributed by atoms with Gasteiger partial charge in [-0.25, -0.2) is 9.18 Å². The van der Waals surface area contributed by atoms with E-state index in [1.54, 1.807) is 31.4 Å². The Morgan fingerprint density at radius 1 is 1.15 bits per heavy atom. The molecule has 8 heteroatoms. The number of benzene rings is 2. The third kappa shape index (κ3) is 3.79. The molecule has 1 fully saturated rings. The SMILES string of the molecule is [B]C1NC(=O)[C@H](NC(=O)Nc2ccc(F)cc2)[C@H]1c1ccc(OC)cc1. The number of hydrogen-bond acceptors (Lipinski definition) is 3. The van der Waals surface area contributed by atoms with Crippen molar-refractivity contribution in [2.75, 3.05) is 12.4 Å². The summed E-state index contributed by atoms with van der Waals surface area (Å²) in [5, 5.41) is 7.83. The van der Waals surface area contributed by atoms with E-state index in [4.69, 9.17) is 12.6 Å². The molecule has 132 valence electrons. The molecule has 0 saturated carbocycles. The Bertz CT molecular complexity index is 798. The van der Waals surface area contributed by atoms with E-state index >= 15 is 0 Å². The number of carbonyl (C=O) groups excluding carboxylic acids is 2. The van der Waals surface area contributed by atoms with Crippen LogP contribution in [0.5, 0.6) is 5.75 Å². The van der Waals surface area contributed by atoms with Crippen LogP contribution in [0, 0.1) is 5.82 Å². The Hall–Kier alpha value is -3.03. The van der Waals surface area contributed by atoms with Gasteiger partial charge in [-0.2, -0.15) is 0 Å². The minimum Gasteiger partial charge on any atom is -0.497 e. The molecule has 2 aromatic rings. The molecule has 26 heavy (non-hydrogen) atoms. The molecular formula is C18H17BFN3O3. The zero-order valence-corrected chi connectivity index (χ0v) is 14.0. The highest BCUT2D eigenvalue weighted by molar-refractivity contribution is 6.16. The first-order valence-corrected chi connectivity index (χ1v) is 8.01. The molecule has 0 spiro atoms. The smallest absolute Gasteiger partial charge is 0.319 e. The predicted octanol–water partition coefficient (Wildman–Crippen LogP) is 1.73. The fourth-order valence-electron chi connectivity index (χ4n) is 2.94. The molecule has 1 aliphatic heterocycles. The van der Waals surface area contributed by atoms with Gasteiger partial charge in [0, 0.05) is 11.6 Å². The van der Waals surface area contributed by atoms with E-state index in [9.17, 15) is 14.0 Å². The highest BCUT2D eigenvalue weighted by Gasteiger charge is 2.41. The number of urea groups is 1. The summed E-state index contributed by atoms with van der Waals surface area (Å²) in [7, 11) is 7.59. The number of ether oxygens (including phenoxy) is 1. The van der Waals surface area contributed by atoms with Crippen molar-refractivity contribution in [1.82, 2.24) is 10.6 Å². The normalized spacial score (nSPS) is 21.8. The summed E-state index contributed by atoms with van der Waals surface area (Å²) in [5.74, 6) is -1.16. The lowest BCUT2D eigenvalue weighted by Gasteiger charge is -2.22. The quantitative estimate of drug-likeness (QED) is 0.733. The van der Waals surface area contributed by atoms with Crippen molar-refractivity contribution in [1.29, 1.82) is 0 Å². The van der Waals surface area contributed by atoms with E-state index in [1.807, 2.05) is 0 Å². The number of rotatable bonds is 4. The van der Waals surface area contributed by atoms with E-state index < -0.39 is 29.7 Å². The second-order valence-electron chi connectivity index (χ2n) is 5.92. The van der Waals surface area contributed by atoms with Crippen LogP contribution in [-0.4, -0.2) is 38.9 Å². The molecule has 3 amide bonds. The van der Waals surface area contributed by atoms with E-state index in [0.29, 0.717) is 11.4 Å². The molecular weight excluding hydrogens is 336 g/mol. The number of nitrogens with one attached hydrogen (secondary N) is 3. The van der Waals surface area contributed by atoms with Crippen LogP contribution in [0.1, 0.15) is 11.5 Å². The Morgan fingerprint density at radius 2 is 1.81 bits per heavy atom. The van der Waals surface area contributed by atoms with Gasteiger partial charge in [0.15, 0.2) is 0 Å². The maximum atomic E-state index is 12.9. The van der Waals surface area contributed by atoms with Crippen molar-refractivity contribution in [3.05, 3.63) is 59.9 Å². The minimum atomic E-state index is -0.834. The average Bonchev–Trinajstić information content (AvgIpc) is 2.90. The summed E-state index contributed by atoms with van der Waals surface area (Å²) in [6.45, 7) is 0. The molecule has 2 radical (unpaired) electrons. The van der Waals surface area contributed by atoms with Gasteiger partial charge in [0.2, 0.25) is 5.91 Å². The minimum absolute atomic E-state index is 0.368. The molecule has 1 aliphatic rings. The maximum Gasteiger partial charge on any atom is 0.319 e. The number of methoxy groups -OCH3 is 1. The molecule has 3 rings (SSSR count). The first-order valence-electron chi connectivity index (χ1n) is 8.01. The van der Waals surface area contributed by atoms with Crippen LogP contribution in [0.3, 0.4) is 0 Å². The first-order chi connectivity index (χ1) is 12.5. The van der Waals surface area contributed by atoms with Gasteiger partial charge in [-0.1, -0.05) is 12.1 Å². The summed E-state index contributed by atoms with van der Waals surface area (Å²) >= 11 is 0. The van der Waals surface area contributed by atoms with Gasteiger partial charge >= 0.3 is 6.03 Å². The predicted molar refractivity (Wildman–Crippen MR) is 95.8 cm³/mol. The van der Waals surface area contributed by atoms with Crippen molar-refractivity contribution in [2.45, 2.75) is 17.9 Å². The van der Waals surface area contributed by atoms with Gasteiger partial charge in [-0.05, 0) is 47.9 Å². The van der Waals surface area contributed by atoms with Crippen molar-refractivity contribution < 1.29 is 18.7 Å². The second kappa shape index (κ2) is 7.47. The molecule has 3 atom stereocenters. The molecule has 0 bridgehead atoms. The summed E-state index contributed by atoms with van der Waals surface area (Å²) in [4.78, 5) is 24.4. The van der Waals surface area contributed by atoms with Crippen molar-refractivity contribution in [3.8, 4) is 5.75 Å². The fraction of sp³-hybridized carbons (Fsp3) is 0.222. The van der Waals surface area contributed by atoms with E-state index in [-0.39, 0.29) is 5.91 Å². The molecule has 1 unspecified atom stereocenters. The van der Waals surface area contributed by atoms with Gasteiger partial charge in [0.1, 0.15) is 17.6 Å². The van der Waals surface area contributed by atoms with E-state index in [2.05, 4.69) is 16.0 Å². The van der Waals surface area contributed by atoms with Crippen LogP contribution < -0.4 is 20.7 Å². The van der Waals surface area contributed by atoms with Gasteiger partial charge < -0.3 is 20.7 Å². The Labute approximate surface area is 151 Å². The molecule has 2 aromatic carbocycles. The second-order valence-corrected chi connectivity index (χ2v) is 5.92. The Kier molecular flexibility index (Phi) is 5.11. The third-order valence-electron chi connectivity index (χ3n) is 4.23. The maximum absolute atomic E-state index is 12.9. The molecule has 0 aliphatic carbocycles. The first kappa shape index (κ1) is 17.8. The lowest BCUT2D eigenvalue weighted by Crippen LogP contribution is -2.44. The van der Waals surface area contributed by atoms with Crippen LogP contribution in [0.15, 0.2) is 48.5 Å². The largest absolute Gasteiger partial charge is 0.497 e. The van der Waals surface area contributed by atoms with Crippen LogP contribution in [-0.2, 0) is 4.79 Å². The lowest BCUT2D eigenvalue weighted by molar-refractivity contribution is -0.120. The average molecular weight is 353 g/mol. The van der Waals surface area contributed by atoms with Crippen LogP contribution in [0.4, 0.5) is 14.9 Å². The van der Waals surface area contributed by atoms with Crippen molar-refractivity contribution in [3.63, 3.8) is 0 Å². The molecule has 0 aromatic heterocycles. The monoisotopic (exact) mass is 353 g/mol. The van der Waals surface area contributed by atoms with Crippen LogP contribution in [0.2, 0.25) is 0 Å². The number of amides is 3. The molecule has 6 nitrogen and oxygen atoms in total. The molecule has 3 N–H and O–H groups in total. The van der Waals surface area contributed by atoms with E-state index in [1.165, 1.54) is 24.3 Å². The standard InChI is InChI=1S/C18H17BFN3O3/c1-26-13-8-2-10(3-9-13)14-15(17(24)23-16(14)19)22-18(25)21-12-6-4-11(20)5-7-12/h2-9,14-16H,1H3,(H,23,24)(H2,21,22,25)/t14-,15-,16?/m1/s1. The van der Waals surface area contributed by atoms with Crippen LogP contribution in [0.25, 0.3) is 0 Å². The number of anilines is 1. The van der Waals surface area contributed by atoms with Gasteiger partial charge in [0.05, 0.1) is 15.0 Å². The fourth-order valence-corrected chi connectivity index (χ4v) is 2.94. The Balaban J connectivity index is 1.73. The number of halogens is 1. The van der Waals surface area contributed by atoms with E-state index in [0.717, 1.165) is 5.56 Å². The van der Waals surface area contributed by atoms with Crippen LogP contribution >= 0.6 is 0 Å². The van der Waals surface area contributed by atoms with Gasteiger partial charge in [-0.3, -0.25) is 4.79 Å². The summed E-state index contributed by atoms with van der Waals surface area (Å²) in [6.07, 6.45) is 0. The van der Waals surface area contributed by atoms with Gasteiger partial charge in [-0.15, -0.1) is 0 Å².